The summed E-state index contributed by atoms with van der Waals surface area (Å²) in [5.74, 6) is -1.25. The highest BCUT2D eigenvalue weighted by molar-refractivity contribution is 6.00. The summed E-state index contributed by atoms with van der Waals surface area (Å²) in [6.07, 6.45) is 3.49. The minimum atomic E-state index is -1.25. The van der Waals surface area contributed by atoms with Gasteiger partial charge in [0, 0.05) is 29.2 Å². The molecular weight excluding hydrogens is 254 g/mol. The molecule has 2 rings (SSSR count). The predicted molar refractivity (Wildman–Crippen MR) is 73.4 cm³/mol. The molecule has 5 heteroatoms. The summed E-state index contributed by atoms with van der Waals surface area (Å²) in [4.78, 5) is 10.9. The molecule has 0 spiro atoms. The number of fused-ring (bicyclic) bond motifs is 1. The van der Waals surface area contributed by atoms with Crippen molar-refractivity contribution in [2.24, 2.45) is 0 Å². The Morgan fingerprint density at radius 3 is 2.75 bits per heavy atom. The van der Waals surface area contributed by atoms with Gasteiger partial charge in [-0.25, -0.2) is 4.79 Å². The molecule has 0 fully saturated rings. The van der Waals surface area contributed by atoms with Crippen molar-refractivity contribution in [1.29, 1.82) is 10.5 Å². The highest BCUT2D eigenvalue weighted by Gasteiger charge is 2.10. The van der Waals surface area contributed by atoms with Crippen LogP contribution in [0.1, 0.15) is 12.0 Å². The number of para-hydroxylation sites is 1. The van der Waals surface area contributed by atoms with Gasteiger partial charge >= 0.3 is 5.97 Å². The van der Waals surface area contributed by atoms with Crippen molar-refractivity contribution in [3.8, 4) is 12.1 Å². The van der Waals surface area contributed by atoms with Gasteiger partial charge in [-0.1, -0.05) is 18.2 Å². The molecule has 0 amide bonds. The van der Waals surface area contributed by atoms with Crippen LogP contribution in [0.15, 0.2) is 36.0 Å². The zero-order valence-electron chi connectivity index (χ0n) is 10.6. The van der Waals surface area contributed by atoms with Crippen LogP contribution >= 0.6 is 0 Å². The molecule has 0 unspecified atom stereocenters. The molecule has 0 aliphatic rings. The fourth-order valence-electron chi connectivity index (χ4n) is 2.04. The molecule has 0 atom stereocenters. The summed E-state index contributed by atoms with van der Waals surface area (Å²) in [5.41, 5.74) is 1.27. The topological polar surface area (TPSA) is 89.8 Å². The number of benzene rings is 1. The number of carboxylic acids is 1. The Kier molecular flexibility index (Phi) is 3.83. The van der Waals surface area contributed by atoms with Crippen molar-refractivity contribution in [3.05, 3.63) is 41.6 Å². The molecule has 1 aromatic carbocycles. The molecule has 0 bridgehead atoms. The Bertz CT molecular complexity index is 772. The highest BCUT2D eigenvalue weighted by atomic mass is 16.4. The van der Waals surface area contributed by atoms with E-state index in [9.17, 15) is 4.79 Å². The number of hydrogen-bond acceptors (Lipinski definition) is 3. The standard InChI is InChI=1S/C15H11N3O2/c16-6-3-7-18-10-12(8-11(9-17)15(19)20)13-4-1-2-5-14(13)18/h1-2,4-5,8,10H,3,7H2,(H,19,20). The van der Waals surface area contributed by atoms with Crippen LogP contribution in [0, 0.1) is 22.7 Å². The molecule has 0 aliphatic carbocycles. The highest BCUT2D eigenvalue weighted by Crippen LogP contribution is 2.23. The van der Waals surface area contributed by atoms with Crippen LogP contribution in [0.4, 0.5) is 0 Å². The molecular formula is C15H11N3O2. The van der Waals surface area contributed by atoms with E-state index in [-0.39, 0.29) is 5.57 Å². The van der Waals surface area contributed by atoms with Gasteiger partial charge in [0.05, 0.1) is 12.5 Å². The lowest BCUT2D eigenvalue weighted by Gasteiger charge is -2.00. The number of nitriles is 2. The first-order chi connectivity index (χ1) is 9.67. The second-order valence-corrected chi connectivity index (χ2v) is 4.18. The second-order valence-electron chi connectivity index (χ2n) is 4.18. The Morgan fingerprint density at radius 1 is 1.35 bits per heavy atom. The van der Waals surface area contributed by atoms with Gasteiger partial charge in [-0.3, -0.25) is 0 Å². The monoisotopic (exact) mass is 265 g/mol. The quantitative estimate of drug-likeness (QED) is 0.679. The van der Waals surface area contributed by atoms with Crippen LogP contribution in [-0.4, -0.2) is 15.6 Å². The summed E-state index contributed by atoms with van der Waals surface area (Å²) in [7, 11) is 0. The van der Waals surface area contributed by atoms with E-state index in [2.05, 4.69) is 6.07 Å². The van der Waals surface area contributed by atoms with Gasteiger partial charge < -0.3 is 9.67 Å². The molecule has 0 saturated carbocycles. The lowest BCUT2D eigenvalue weighted by Crippen LogP contribution is -1.97. The van der Waals surface area contributed by atoms with Gasteiger partial charge in [-0.15, -0.1) is 0 Å². The summed E-state index contributed by atoms with van der Waals surface area (Å²) < 4.78 is 1.89. The molecule has 2 aromatic rings. The third kappa shape index (κ3) is 2.52. The van der Waals surface area contributed by atoms with Gasteiger partial charge in [0.2, 0.25) is 0 Å². The normalized spacial score (nSPS) is 11.0. The summed E-state index contributed by atoms with van der Waals surface area (Å²) in [6, 6.07) is 11.2. The van der Waals surface area contributed by atoms with Gasteiger partial charge in [0.15, 0.2) is 0 Å². The number of rotatable bonds is 4. The molecule has 0 aliphatic heterocycles. The van der Waals surface area contributed by atoms with E-state index in [0.29, 0.717) is 18.5 Å². The van der Waals surface area contributed by atoms with Crippen molar-refractivity contribution in [2.45, 2.75) is 13.0 Å². The molecule has 98 valence electrons. The maximum absolute atomic E-state index is 10.9. The third-order valence-electron chi connectivity index (χ3n) is 2.93. The van der Waals surface area contributed by atoms with Gasteiger partial charge in [0.25, 0.3) is 0 Å². The van der Waals surface area contributed by atoms with Crippen LogP contribution < -0.4 is 0 Å². The molecule has 1 aromatic heterocycles. The van der Waals surface area contributed by atoms with E-state index in [1.165, 1.54) is 6.08 Å². The minimum absolute atomic E-state index is 0.312. The third-order valence-corrected chi connectivity index (χ3v) is 2.93. The number of carboxylic acid groups (broad SMARTS) is 1. The number of nitrogens with zero attached hydrogens (tertiary/aromatic N) is 3. The average Bonchev–Trinajstić information content (AvgIpc) is 2.80. The smallest absolute Gasteiger partial charge is 0.346 e. The molecule has 1 heterocycles. The first-order valence-electron chi connectivity index (χ1n) is 5.97. The Labute approximate surface area is 115 Å². The van der Waals surface area contributed by atoms with Crippen LogP contribution in [0.3, 0.4) is 0 Å². The molecule has 5 nitrogen and oxygen atoms in total. The summed E-state index contributed by atoms with van der Waals surface area (Å²) >= 11 is 0. The zero-order valence-corrected chi connectivity index (χ0v) is 10.6. The molecule has 0 saturated heterocycles. The van der Waals surface area contributed by atoms with E-state index in [0.717, 1.165) is 10.9 Å². The number of hydrogen-bond donors (Lipinski definition) is 1. The SMILES string of the molecule is N#CCCn1cc(C=C(C#N)C(=O)O)c2ccccc21. The predicted octanol–water partition coefficient (Wildman–Crippen LogP) is 2.55. The summed E-state index contributed by atoms with van der Waals surface area (Å²) in [6.45, 7) is 0.528. The summed E-state index contributed by atoms with van der Waals surface area (Å²) in [5, 5.41) is 27.3. The van der Waals surface area contributed by atoms with Crippen molar-refractivity contribution in [1.82, 2.24) is 4.57 Å². The van der Waals surface area contributed by atoms with Gasteiger partial charge in [-0.2, -0.15) is 10.5 Å². The van der Waals surface area contributed by atoms with E-state index < -0.39 is 5.97 Å². The van der Waals surface area contributed by atoms with Crippen molar-refractivity contribution in [3.63, 3.8) is 0 Å². The maximum Gasteiger partial charge on any atom is 0.346 e. The van der Waals surface area contributed by atoms with Crippen molar-refractivity contribution >= 4 is 22.9 Å². The maximum atomic E-state index is 10.9. The molecule has 1 N–H and O–H groups in total. The van der Waals surface area contributed by atoms with Crippen molar-refractivity contribution < 1.29 is 9.90 Å². The lowest BCUT2D eigenvalue weighted by atomic mass is 10.1. The van der Waals surface area contributed by atoms with Crippen LogP contribution in [0.25, 0.3) is 17.0 Å². The van der Waals surface area contributed by atoms with E-state index in [1.807, 2.05) is 28.8 Å². The van der Waals surface area contributed by atoms with Gasteiger partial charge in [-0.05, 0) is 12.1 Å². The Balaban J connectivity index is 2.58. The van der Waals surface area contributed by atoms with Crippen LogP contribution in [0.5, 0.6) is 0 Å². The fourth-order valence-corrected chi connectivity index (χ4v) is 2.04. The van der Waals surface area contributed by atoms with E-state index in [4.69, 9.17) is 15.6 Å². The zero-order chi connectivity index (χ0) is 14.5. The second kappa shape index (κ2) is 5.73. The minimum Gasteiger partial charge on any atom is -0.477 e. The lowest BCUT2D eigenvalue weighted by molar-refractivity contribution is -0.132. The van der Waals surface area contributed by atoms with Crippen LogP contribution in [-0.2, 0) is 11.3 Å². The first-order valence-corrected chi connectivity index (χ1v) is 5.97. The molecule has 0 radical (unpaired) electrons. The number of aliphatic carboxylic acids is 1. The van der Waals surface area contributed by atoms with Crippen LogP contribution in [0.2, 0.25) is 0 Å². The van der Waals surface area contributed by atoms with E-state index >= 15 is 0 Å². The number of carbonyl (C=O) groups is 1. The number of aromatic nitrogens is 1. The fraction of sp³-hybridized carbons (Fsp3) is 0.133. The molecule has 20 heavy (non-hydrogen) atoms. The van der Waals surface area contributed by atoms with E-state index in [1.54, 1.807) is 12.3 Å². The Morgan fingerprint density at radius 2 is 2.10 bits per heavy atom. The average molecular weight is 265 g/mol. The Hall–Kier alpha value is -3.05. The van der Waals surface area contributed by atoms with Crippen molar-refractivity contribution in [2.75, 3.05) is 0 Å². The van der Waals surface area contributed by atoms with Gasteiger partial charge in [0.1, 0.15) is 11.6 Å². The first kappa shape index (κ1) is 13.4. The largest absolute Gasteiger partial charge is 0.477 e. The number of aryl methyl sites for hydroxylation is 1.